The van der Waals surface area contributed by atoms with E-state index in [1.54, 1.807) is 7.11 Å². The number of hydrogen-bond donors (Lipinski definition) is 0. The van der Waals surface area contributed by atoms with Crippen molar-refractivity contribution in [1.29, 1.82) is 0 Å². The Bertz CT molecular complexity index is 158. The third-order valence-electron chi connectivity index (χ3n) is 2.82. The molecule has 2 nitrogen and oxygen atoms in total. The maximum Gasteiger partial charge on any atom is 0.183 e. The molecule has 0 rings (SSSR count). The molecule has 16 heavy (non-hydrogen) atoms. The fourth-order valence-corrected chi connectivity index (χ4v) is 2.93. The van der Waals surface area contributed by atoms with Crippen molar-refractivity contribution in [2.24, 2.45) is 5.41 Å². The summed E-state index contributed by atoms with van der Waals surface area (Å²) in [5, 5.41) is 0. The summed E-state index contributed by atoms with van der Waals surface area (Å²) in [5.74, 6) is 0. The second-order valence-corrected chi connectivity index (χ2v) is 10.3. The molecule has 0 unspecified atom stereocenters. The topological polar surface area (TPSA) is 18.5 Å². The molecular weight excluding hydrogens is 216 g/mol. The normalized spacial score (nSPS) is 13.1. The quantitative estimate of drug-likeness (QED) is 0.571. The maximum absolute atomic E-state index is 6.11. The molecule has 0 aliphatic carbocycles. The van der Waals surface area contributed by atoms with Crippen LogP contribution in [0.1, 0.15) is 39.5 Å². The minimum Gasteiger partial charge on any atom is -0.417 e. The Kier molecular flexibility index (Phi) is 7.52. The van der Waals surface area contributed by atoms with Crippen LogP contribution in [-0.4, -0.2) is 28.6 Å². The van der Waals surface area contributed by atoms with Crippen molar-refractivity contribution in [3.05, 3.63) is 0 Å². The zero-order valence-electron chi connectivity index (χ0n) is 12.1. The molecule has 0 heterocycles. The molecule has 0 radical (unpaired) electrons. The van der Waals surface area contributed by atoms with Gasteiger partial charge in [-0.3, -0.25) is 0 Å². The predicted octanol–water partition coefficient (Wildman–Crippen LogP) is 4.07. The van der Waals surface area contributed by atoms with Crippen LogP contribution >= 0.6 is 0 Å². The van der Waals surface area contributed by atoms with Crippen LogP contribution in [0.4, 0.5) is 0 Å². The van der Waals surface area contributed by atoms with Gasteiger partial charge in [0.15, 0.2) is 8.32 Å². The molecule has 0 saturated heterocycles. The fourth-order valence-electron chi connectivity index (χ4n) is 2.19. The van der Waals surface area contributed by atoms with Gasteiger partial charge in [0.2, 0.25) is 0 Å². The van der Waals surface area contributed by atoms with Gasteiger partial charge in [0.05, 0.1) is 6.61 Å². The molecule has 0 aliphatic heterocycles. The summed E-state index contributed by atoms with van der Waals surface area (Å²) >= 11 is 0. The zero-order chi connectivity index (χ0) is 12.7. The number of hydrogen-bond acceptors (Lipinski definition) is 2. The van der Waals surface area contributed by atoms with E-state index in [1.807, 2.05) is 0 Å². The lowest BCUT2D eigenvalue weighted by molar-refractivity contribution is 0.0217. The average Bonchev–Trinajstić information content (AvgIpc) is 2.15. The first-order valence-electron chi connectivity index (χ1n) is 6.52. The summed E-state index contributed by atoms with van der Waals surface area (Å²) in [4.78, 5) is 0. The Morgan fingerprint density at radius 3 is 1.75 bits per heavy atom. The van der Waals surface area contributed by atoms with Crippen LogP contribution in [0.15, 0.2) is 0 Å². The largest absolute Gasteiger partial charge is 0.417 e. The van der Waals surface area contributed by atoms with Gasteiger partial charge < -0.3 is 9.16 Å². The molecule has 98 valence electrons. The highest BCUT2D eigenvalue weighted by Gasteiger charge is 2.31. The summed E-state index contributed by atoms with van der Waals surface area (Å²) in [6.45, 7) is 13.0. The van der Waals surface area contributed by atoms with Gasteiger partial charge >= 0.3 is 0 Å². The molecule has 0 aromatic carbocycles. The van der Waals surface area contributed by atoms with Crippen LogP contribution in [0, 0.1) is 5.41 Å². The lowest BCUT2D eigenvalue weighted by atomic mass is 9.81. The molecular formula is C13H30O2Si. The molecule has 3 heteroatoms. The Hall–Kier alpha value is 0.137. The van der Waals surface area contributed by atoms with Crippen molar-refractivity contribution in [2.45, 2.75) is 59.2 Å². The van der Waals surface area contributed by atoms with Crippen molar-refractivity contribution in [1.82, 2.24) is 0 Å². The second kappa shape index (κ2) is 7.46. The molecule has 0 N–H and O–H groups in total. The maximum atomic E-state index is 6.11. The van der Waals surface area contributed by atoms with Crippen LogP contribution in [0.5, 0.6) is 0 Å². The van der Waals surface area contributed by atoms with Gasteiger partial charge in [-0.25, -0.2) is 0 Å². The van der Waals surface area contributed by atoms with Gasteiger partial charge in [-0.15, -0.1) is 0 Å². The molecule has 0 saturated carbocycles. The first-order valence-corrected chi connectivity index (χ1v) is 9.93. The van der Waals surface area contributed by atoms with E-state index in [0.717, 1.165) is 13.2 Å². The summed E-state index contributed by atoms with van der Waals surface area (Å²) in [6, 6.07) is 0. The minimum absolute atomic E-state index is 0.249. The van der Waals surface area contributed by atoms with Crippen molar-refractivity contribution < 1.29 is 9.16 Å². The zero-order valence-corrected chi connectivity index (χ0v) is 13.1. The van der Waals surface area contributed by atoms with E-state index in [4.69, 9.17) is 9.16 Å². The summed E-state index contributed by atoms with van der Waals surface area (Å²) in [6.07, 6.45) is 4.83. The van der Waals surface area contributed by atoms with Gasteiger partial charge in [0.1, 0.15) is 0 Å². The monoisotopic (exact) mass is 246 g/mol. The van der Waals surface area contributed by atoms with Crippen LogP contribution in [0.25, 0.3) is 0 Å². The third-order valence-corrected chi connectivity index (χ3v) is 3.83. The molecule has 0 aromatic heterocycles. The lowest BCUT2D eigenvalue weighted by Gasteiger charge is -2.35. The first kappa shape index (κ1) is 16.1. The highest BCUT2D eigenvalue weighted by atomic mass is 28.4. The molecule has 0 amide bonds. The highest BCUT2D eigenvalue weighted by molar-refractivity contribution is 6.69. The van der Waals surface area contributed by atoms with E-state index >= 15 is 0 Å². The van der Waals surface area contributed by atoms with Crippen molar-refractivity contribution in [3.8, 4) is 0 Å². The summed E-state index contributed by atoms with van der Waals surface area (Å²) in [5.41, 5.74) is 0.249. The average molecular weight is 246 g/mol. The summed E-state index contributed by atoms with van der Waals surface area (Å²) < 4.78 is 11.5. The highest BCUT2D eigenvalue weighted by Crippen LogP contribution is 2.31. The Morgan fingerprint density at radius 2 is 1.44 bits per heavy atom. The van der Waals surface area contributed by atoms with Crippen LogP contribution < -0.4 is 0 Å². The van der Waals surface area contributed by atoms with Gasteiger partial charge in [-0.05, 0) is 32.5 Å². The standard InChI is InChI=1S/C13H30O2Si/c1-7-9-13(10-8-2,11-14-3)12-15-16(4,5)6/h7-12H2,1-6H3. The van der Waals surface area contributed by atoms with E-state index < -0.39 is 8.32 Å². The van der Waals surface area contributed by atoms with E-state index in [-0.39, 0.29) is 5.41 Å². The molecule has 0 aromatic rings. The predicted molar refractivity (Wildman–Crippen MR) is 73.4 cm³/mol. The Morgan fingerprint density at radius 1 is 0.938 bits per heavy atom. The minimum atomic E-state index is -1.41. The van der Waals surface area contributed by atoms with Crippen LogP contribution in [-0.2, 0) is 9.16 Å². The first-order chi connectivity index (χ1) is 7.39. The third kappa shape index (κ3) is 6.66. The van der Waals surface area contributed by atoms with Crippen LogP contribution in [0.3, 0.4) is 0 Å². The molecule has 0 atom stereocenters. The molecule has 0 aliphatic rings. The van der Waals surface area contributed by atoms with E-state index in [0.29, 0.717) is 0 Å². The van der Waals surface area contributed by atoms with E-state index in [2.05, 4.69) is 33.5 Å². The smallest absolute Gasteiger partial charge is 0.183 e. The van der Waals surface area contributed by atoms with Crippen LogP contribution in [0.2, 0.25) is 19.6 Å². The number of rotatable bonds is 9. The molecule has 0 bridgehead atoms. The van der Waals surface area contributed by atoms with Crippen molar-refractivity contribution in [2.75, 3.05) is 20.3 Å². The van der Waals surface area contributed by atoms with Gasteiger partial charge in [0.25, 0.3) is 0 Å². The van der Waals surface area contributed by atoms with Gasteiger partial charge in [0, 0.05) is 19.1 Å². The van der Waals surface area contributed by atoms with Gasteiger partial charge in [-0.1, -0.05) is 26.7 Å². The van der Waals surface area contributed by atoms with E-state index in [9.17, 15) is 0 Å². The lowest BCUT2D eigenvalue weighted by Crippen LogP contribution is -2.37. The number of ether oxygens (including phenoxy) is 1. The Balaban J connectivity index is 4.46. The van der Waals surface area contributed by atoms with Crippen molar-refractivity contribution >= 4 is 8.32 Å². The number of methoxy groups -OCH3 is 1. The molecule has 0 spiro atoms. The van der Waals surface area contributed by atoms with Gasteiger partial charge in [-0.2, -0.15) is 0 Å². The van der Waals surface area contributed by atoms with Crippen molar-refractivity contribution in [3.63, 3.8) is 0 Å². The fraction of sp³-hybridized carbons (Fsp3) is 1.00. The second-order valence-electron chi connectivity index (χ2n) is 5.83. The van der Waals surface area contributed by atoms with E-state index in [1.165, 1.54) is 25.7 Å². The molecule has 0 fully saturated rings. The SMILES string of the molecule is CCCC(CCC)(COC)CO[Si](C)(C)C. The Labute approximate surface area is 103 Å². The summed E-state index contributed by atoms with van der Waals surface area (Å²) in [7, 11) is 0.391.